The van der Waals surface area contributed by atoms with Crippen molar-refractivity contribution in [2.45, 2.75) is 50.1 Å². The summed E-state index contributed by atoms with van der Waals surface area (Å²) in [5, 5.41) is 0. The maximum absolute atomic E-state index is 12.1. The van der Waals surface area contributed by atoms with Crippen molar-refractivity contribution >= 4 is 28.0 Å². The molecule has 0 aromatic carbocycles. The van der Waals surface area contributed by atoms with E-state index in [9.17, 15) is 9.59 Å². The minimum atomic E-state index is -0.476. The van der Waals surface area contributed by atoms with Crippen molar-refractivity contribution in [1.29, 1.82) is 0 Å². The van der Waals surface area contributed by atoms with E-state index in [1.165, 1.54) is 7.11 Å². The number of esters is 1. The van der Waals surface area contributed by atoms with Gasteiger partial charge in [-0.05, 0) is 33.6 Å². The van der Waals surface area contributed by atoms with Crippen LogP contribution in [-0.4, -0.2) is 72.1 Å². The highest BCUT2D eigenvalue weighted by atomic mass is 79.9. The van der Waals surface area contributed by atoms with Crippen LogP contribution < -0.4 is 0 Å². The molecule has 1 aliphatic heterocycles. The van der Waals surface area contributed by atoms with Crippen LogP contribution in [0.4, 0.5) is 4.79 Å². The molecule has 1 rings (SSSR count). The fraction of sp³-hybridized carbons (Fsp3) is 0.867. The monoisotopic (exact) mass is 378 g/mol. The Hall–Kier alpha value is -0.820. The Kier molecular flexibility index (Phi) is 7.12. The van der Waals surface area contributed by atoms with Crippen molar-refractivity contribution in [3.63, 3.8) is 0 Å². The molecule has 22 heavy (non-hydrogen) atoms. The Labute approximate surface area is 141 Å². The zero-order valence-corrected chi connectivity index (χ0v) is 15.7. The number of piperidine rings is 1. The zero-order chi connectivity index (χ0) is 16.9. The molecule has 0 aliphatic carbocycles. The first-order valence-corrected chi connectivity index (χ1v) is 8.45. The predicted octanol–water partition coefficient (Wildman–Crippen LogP) is 2.25. The summed E-state index contributed by atoms with van der Waals surface area (Å²) in [5.74, 6) is -0.256. The molecular formula is C15H27BrN2O4. The highest BCUT2D eigenvalue weighted by molar-refractivity contribution is 9.10. The van der Waals surface area contributed by atoms with Gasteiger partial charge in [0.15, 0.2) is 0 Å². The summed E-state index contributed by atoms with van der Waals surface area (Å²) in [6, 6.07) is 0.179. The van der Waals surface area contributed by atoms with Crippen LogP contribution in [0.1, 0.15) is 33.6 Å². The van der Waals surface area contributed by atoms with Crippen LogP contribution in [0.2, 0.25) is 0 Å². The molecular weight excluding hydrogens is 352 g/mol. The van der Waals surface area contributed by atoms with E-state index in [0.717, 1.165) is 25.9 Å². The van der Waals surface area contributed by atoms with Crippen molar-refractivity contribution in [3.05, 3.63) is 0 Å². The normalized spacial score (nSPS) is 18.6. The third-order valence-electron chi connectivity index (χ3n) is 3.66. The first-order chi connectivity index (χ1) is 10.1. The number of ether oxygens (including phenoxy) is 2. The van der Waals surface area contributed by atoms with E-state index in [-0.39, 0.29) is 22.9 Å². The van der Waals surface area contributed by atoms with Crippen LogP contribution in [0.3, 0.4) is 0 Å². The number of rotatable bonds is 4. The molecule has 7 heteroatoms. The molecule has 1 saturated heterocycles. The lowest BCUT2D eigenvalue weighted by Gasteiger charge is -2.37. The zero-order valence-electron chi connectivity index (χ0n) is 14.1. The summed E-state index contributed by atoms with van der Waals surface area (Å²) < 4.78 is 10.1. The van der Waals surface area contributed by atoms with Gasteiger partial charge in [0, 0.05) is 32.7 Å². The lowest BCUT2D eigenvalue weighted by Crippen LogP contribution is -2.48. The third-order valence-corrected chi connectivity index (χ3v) is 4.33. The fourth-order valence-electron chi connectivity index (χ4n) is 2.40. The number of amides is 1. The van der Waals surface area contributed by atoms with Crippen LogP contribution in [-0.2, 0) is 14.3 Å². The number of methoxy groups -OCH3 is 1. The van der Waals surface area contributed by atoms with E-state index in [1.54, 1.807) is 11.9 Å². The summed E-state index contributed by atoms with van der Waals surface area (Å²) in [7, 11) is 3.18. The first-order valence-electron chi connectivity index (χ1n) is 7.54. The highest BCUT2D eigenvalue weighted by Gasteiger charge is 2.29. The summed E-state index contributed by atoms with van der Waals surface area (Å²) in [6.45, 7) is 7.90. The molecule has 0 aromatic rings. The lowest BCUT2D eigenvalue weighted by atomic mass is 10.0. The number of hydrogen-bond donors (Lipinski definition) is 0. The Morgan fingerprint density at radius 3 is 2.32 bits per heavy atom. The molecule has 1 unspecified atom stereocenters. The number of carbonyl (C=O) groups is 2. The number of hydrogen-bond acceptors (Lipinski definition) is 5. The second kappa shape index (κ2) is 8.15. The topological polar surface area (TPSA) is 59.1 Å². The van der Waals surface area contributed by atoms with Crippen molar-refractivity contribution in [2.24, 2.45) is 0 Å². The first kappa shape index (κ1) is 19.2. The van der Waals surface area contributed by atoms with Crippen molar-refractivity contribution in [1.82, 2.24) is 9.80 Å². The molecule has 1 atom stereocenters. The van der Waals surface area contributed by atoms with Gasteiger partial charge in [-0.3, -0.25) is 4.79 Å². The third kappa shape index (κ3) is 6.12. The van der Waals surface area contributed by atoms with Gasteiger partial charge in [0.05, 0.1) is 7.11 Å². The average molecular weight is 379 g/mol. The number of likely N-dealkylation sites (tertiary alicyclic amines) is 1. The van der Waals surface area contributed by atoms with Crippen molar-refractivity contribution in [3.8, 4) is 0 Å². The molecule has 1 heterocycles. The minimum absolute atomic E-state index is 0.179. The summed E-state index contributed by atoms with van der Waals surface area (Å²) in [5.41, 5.74) is -0.476. The van der Waals surface area contributed by atoms with Gasteiger partial charge < -0.3 is 19.3 Å². The molecule has 6 nitrogen and oxygen atoms in total. The van der Waals surface area contributed by atoms with Gasteiger partial charge in [0.2, 0.25) is 0 Å². The molecule has 0 aromatic heterocycles. The summed E-state index contributed by atoms with van der Waals surface area (Å²) >= 11 is 3.34. The standard InChI is InChI=1S/C15H27BrN2O4/c1-15(2,3)22-14(20)17(4)11-6-8-18(9-7-11)10-12(16)13(19)21-5/h11-12H,6-10H2,1-5H3. The second-order valence-electron chi connectivity index (χ2n) is 6.61. The van der Waals surface area contributed by atoms with Gasteiger partial charge >= 0.3 is 12.1 Å². The van der Waals surface area contributed by atoms with Crippen LogP contribution in [0.5, 0.6) is 0 Å². The average Bonchev–Trinajstić information content (AvgIpc) is 2.44. The maximum Gasteiger partial charge on any atom is 0.410 e. The molecule has 128 valence electrons. The maximum atomic E-state index is 12.1. The molecule has 1 amide bonds. The smallest absolute Gasteiger partial charge is 0.410 e. The van der Waals surface area contributed by atoms with E-state index in [1.807, 2.05) is 20.8 Å². The Morgan fingerprint density at radius 2 is 1.86 bits per heavy atom. The van der Waals surface area contributed by atoms with Gasteiger partial charge in [-0.2, -0.15) is 0 Å². The largest absolute Gasteiger partial charge is 0.468 e. The highest BCUT2D eigenvalue weighted by Crippen LogP contribution is 2.19. The number of alkyl halides is 1. The molecule has 0 saturated carbocycles. The Bertz CT molecular complexity index is 389. The predicted molar refractivity (Wildman–Crippen MR) is 88.2 cm³/mol. The second-order valence-corrected chi connectivity index (χ2v) is 7.72. The molecule has 1 aliphatic rings. The Balaban J connectivity index is 2.41. The summed E-state index contributed by atoms with van der Waals surface area (Å²) in [4.78, 5) is 27.1. The SMILES string of the molecule is COC(=O)C(Br)CN1CCC(N(C)C(=O)OC(C)(C)C)CC1. The van der Waals surface area contributed by atoms with Gasteiger partial charge in [-0.25, -0.2) is 4.79 Å². The number of halogens is 1. The quantitative estimate of drug-likeness (QED) is 0.554. The van der Waals surface area contributed by atoms with Crippen LogP contribution in [0.25, 0.3) is 0 Å². The fourth-order valence-corrected chi connectivity index (χ4v) is 3.00. The molecule has 0 spiro atoms. The van der Waals surface area contributed by atoms with E-state index < -0.39 is 5.60 Å². The lowest BCUT2D eigenvalue weighted by molar-refractivity contribution is -0.140. The van der Waals surface area contributed by atoms with Crippen LogP contribution in [0, 0.1) is 0 Å². The molecule has 0 radical (unpaired) electrons. The van der Waals surface area contributed by atoms with E-state index in [4.69, 9.17) is 9.47 Å². The van der Waals surface area contributed by atoms with Gasteiger partial charge in [-0.1, -0.05) is 15.9 Å². The van der Waals surface area contributed by atoms with Crippen molar-refractivity contribution in [2.75, 3.05) is 33.8 Å². The van der Waals surface area contributed by atoms with E-state index in [2.05, 4.69) is 20.8 Å². The van der Waals surface area contributed by atoms with Gasteiger partial charge in [0.1, 0.15) is 10.4 Å². The van der Waals surface area contributed by atoms with Gasteiger partial charge in [-0.15, -0.1) is 0 Å². The van der Waals surface area contributed by atoms with E-state index in [0.29, 0.717) is 6.54 Å². The van der Waals surface area contributed by atoms with Gasteiger partial charge in [0.25, 0.3) is 0 Å². The molecule has 1 fully saturated rings. The molecule has 0 N–H and O–H groups in total. The minimum Gasteiger partial charge on any atom is -0.468 e. The number of nitrogens with zero attached hydrogens (tertiary/aromatic N) is 2. The summed E-state index contributed by atoms with van der Waals surface area (Å²) in [6.07, 6.45) is 1.46. The van der Waals surface area contributed by atoms with Crippen LogP contribution >= 0.6 is 15.9 Å². The Morgan fingerprint density at radius 1 is 1.32 bits per heavy atom. The van der Waals surface area contributed by atoms with E-state index >= 15 is 0 Å². The van der Waals surface area contributed by atoms with Crippen molar-refractivity contribution < 1.29 is 19.1 Å². The number of carbonyl (C=O) groups excluding carboxylic acids is 2. The van der Waals surface area contributed by atoms with Crippen LogP contribution in [0.15, 0.2) is 0 Å². The molecule has 0 bridgehead atoms.